The van der Waals surface area contributed by atoms with Crippen LogP contribution < -0.4 is 10.1 Å². The van der Waals surface area contributed by atoms with E-state index < -0.39 is 0 Å². The smallest absolute Gasteiger partial charge is 0.174 e. The molecule has 1 aliphatic heterocycles. The highest BCUT2D eigenvalue weighted by molar-refractivity contribution is 6.30. The van der Waals surface area contributed by atoms with Gasteiger partial charge in [-0.2, -0.15) is 0 Å². The van der Waals surface area contributed by atoms with Crippen LogP contribution in [0, 0.1) is 0 Å². The third-order valence-corrected chi connectivity index (χ3v) is 4.84. The number of rotatable bonds is 8. The SMILES string of the molecule is Clc1ccc(CNC2(Cc3cc(COc4ccccc4)on3)COC2)cc1. The monoisotopic (exact) mass is 384 g/mol. The van der Waals surface area contributed by atoms with E-state index in [2.05, 4.69) is 10.5 Å². The zero-order valence-electron chi connectivity index (χ0n) is 14.9. The molecule has 1 aromatic heterocycles. The van der Waals surface area contributed by atoms with E-state index in [0.717, 1.165) is 29.4 Å². The maximum Gasteiger partial charge on any atom is 0.174 e. The first kappa shape index (κ1) is 18.0. The van der Waals surface area contributed by atoms with Crippen molar-refractivity contribution in [3.63, 3.8) is 0 Å². The molecule has 0 bridgehead atoms. The first-order valence-electron chi connectivity index (χ1n) is 8.90. The van der Waals surface area contributed by atoms with Crippen LogP contribution in [0.4, 0.5) is 0 Å². The van der Waals surface area contributed by atoms with Crippen molar-refractivity contribution in [2.45, 2.75) is 25.1 Å². The van der Waals surface area contributed by atoms with Crippen molar-refractivity contribution in [3.05, 3.63) is 82.7 Å². The lowest BCUT2D eigenvalue weighted by Crippen LogP contribution is -2.61. The van der Waals surface area contributed by atoms with Gasteiger partial charge in [-0.3, -0.25) is 0 Å². The number of nitrogens with one attached hydrogen (secondary N) is 1. The lowest BCUT2D eigenvalue weighted by molar-refractivity contribution is -0.0755. The quantitative estimate of drug-likeness (QED) is 0.636. The summed E-state index contributed by atoms with van der Waals surface area (Å²) in [4.78, 5) is 0. The number of hydrogen-bond acceptors (Lipinski definition) is 5. The fraction of sp³-hybridized carbons (Fsp3) is 0.286. The van der Waals surface area contributed by atoms with Gasteiger partial charge >= 0.3 is 0 Å². The maximum absolute atomic E-state index is 5.95. The van der Waals surface area contributed by atoms with E-state index in [0.29, 0.717) is 25.6 Å². The van der Waals surface area contributed by atoms with E-state index in [1.807, 2.05) is 60.7 Å². The van der Waals surface area contributed by atoms with E-state index in [1.54, 1.807) is 0 Å². The van der Waals surface area contributed by atoms with Crippen LogP contribution in [0.15, 0.2) is 65.2 Å². The maximum atomic E-state index is 5.95. The van der Waals surface area contributed by atoms with Gasteiger partial charge in [0.15, 0.2) is 5.76 Å². The van der Waals surface area contributed by atoms with Crippen molar-refractivity contribution in [2.75, 3.05) is 13.2 Å². The van der Waals surface area contributed by atoms with Crippen molar-refractivity contribution in [3.8, 4) is 5.75 Å². The molecule has 0 aliphatic carbocycles. The molecule has 0 unspecified atom stereocenters. The Morgan fingerprint density at radius 1 is 1.07 bits per heavy atom. The predicted molar refractivity (Wildman–Crippen MR) is 103 cm³/mol. The molecule has 4 rings (SSSR count). The lowest BCUT2D eigenvalue weighted by atomic mass is 9.91. The van der Waals surface area contributed by atoms with Gasteiger partial charge in [-0.15, -0.1) is 0 Å². The standard InChI is InChI=1S/C21H21ClN2O3/c22-17-8-6-16(7-9-17)12-23-21(14-25-15-21)11-18-10-20(27-24-18)13-26-19-4-2-1-3-5-19/h1-10,23H,11-15H2. The molecule has 3 aromatic rings. The summed E-state index contributed by atoms with van der Waals surface area (Å²) in [5.41, 5.74) is 1.96. The molecule has 0 amide bonds. The molecule has 1 N–H and O–H groups in total. The number of halogens is 1. The molecule has 0 saturated carbocycles. The predicted octanol–water partition coefficient (Wildman–Crippen LogP) is 4.01. The molecule has 6 heteroatoms. The second-order valence-electron chi connectivity index (χ2n) is 6.82. The van der Waals surface area contributed by atoms with Gasteiger partial charge in [-0.1, -0.05) is 47.1 Å². The van der Waals surface area contributed by atoms with Gasteiger partial charge in [0, 0.05) is 24.1 Å². The van der Waals surface area contributed by atoms with E-state index >= 15 is 0 Å². The lowest BCUT2D eigenvalue weighted by Gasteiger charge is -2.42. The van der Waals surface area contributed by atoms with Gasteiger partial charge in [0.1, 0.15) is 12.4 Å². The molecule has 0 atom stereocenters. The molecule has 0 radical (unpaired) electrons. The Labute approximate surface area is 163 Å². The highest BCUT2D eigenvalue weighted by atomic mass is 35.5. The molecule has 2 aromatic carbocycles. The summed E-state index contributed by atoms with van der Waals surface area (Å²) in [6, 6.07) is 19.5. The number of hydrogen-bond donors (Lipinski definition) is 1. The first-order valence-corrected chi connectivity index (χ1v) is 9.28. The van der Waals surface area contributed by atoms with Crippen LogP contribution in [0.25, 0.3) is 0 Å². The largest absolute Gasteiger partial charge is 0.486 e. The minimum absolute atomic E-state index is 0.117. The molecule has 1 fully saturated rings. The normalized spacial score (nSPS) is 15.3. The molecular formula is C21H21ClN2O3. The molecule has 1 aliphatic rings. The van der Waals surface area contributed by atoms with E-state index in [4.69, 9.17) is 25.6 Å². The van der Waals surface area contributed by atoms with E-state index in [9.17, 15) is 0 Å². The van der Waals surface area contributed by atoms with Crippen LogP contribution in [-0.2, 0) is 24.3 Å². The zero-order chi connectivity index (χ0) is 18.5. The third kappa shape index (κ3) is 4.69. The highest BCUT2D eigenvalue weighted by Gasteiger charge is 2.39. The van der Waals surface area contributed by atoms with E-state index in [1.165, 1.54) is 5.56 Å². The molecule has 5 nitrogen and oxygen atoms in total. The average molecular weight is 385 g/mol. The summed E-state index contributed by atoms with van der Waals surface area (Å²) in [5.74, 6) is 1.52. The first-order chi connectivity index (χ1) is 13.2. The molecule has 2 heterocycles. The fourth-order valence-electron chi connectivity index (χ4n) is 3.03. The Kier molecular flexibility index (Phi) is 5.43. The summed E-state index contributed by atoms with van der Waals surface area (Å²) < 4.78 is 16.6. The number of para-hydroxylation sites is 1. The topological polar surface area (TPSA) is 56.5 Å². The molecule has 0 spiro atoms. The van der Waals surface area contributed by atoms with Crippen molar-refractivity contribution < 1.29 is 14.0 Å². The second kappa shape index (κ2) is 8.13. The number of aromatic nitrogens is 1. The summed E-state index contributed by atoms with van der Waals surface area (Å²) in [5, 5.41) is 8.54. The fourth-order valence-corrected chi connectivity index (χ4v) is 3.16. The van der Waals surface area contributed by atoms with E-state index in [-0.39, 0.29) is 5.54 Å². The average Bonchev–Trinajstić information content (AvgIpc) is 3.11. The minimum Gasteiger partial charge on any atom is -0.486 e. The second-order valence-corrected chi connectivity index (χ2v) is 7.25. The van der Waals surface area contributed by atoms with Crippen LogP contribution in [0.5, 0.6) is 5.75 Å². The van der Waals surface area contributed by atoms with Gasteiger partial charge in [0.25, 0.3) is 0 Å². The molecule has 27 heavy (non-hydrogen) atoms. The van der Waals surface area contributed by atoms with Crippen LogP contribution in [-0.4, -0.2) is 23.9 Å². The van der Waals surface area contributed by atoms with Crippen molar-refractivity contribution >= 4 is 11.6 Å². The minimum atomic E-state index is -0.117. The van der Waals surface area contributed by atoms with Crippen molar-refractivity contribution in [1.82, 2.24) is 10.5 Å². The third-order valence-electron chi connectivity index (χ3n) is 4.59. The number of benzene rings is 2. The molecule has 140 valence electrons. The van der Waals surface area contributed by atoms with Gasteiger partial charge in [-0.05, 0) is 29.8 Å². The number of ether oxygens (including phenoxy) is 2. The summed E-state index contributed by atoms with van der Waals surface area (Å²) in [7, 11) is 0. The number of nitrogens with zero attached hydrogens (tertiary/aromatic N) is 1. The molecular weight excluding hydrogens is 364 g/mol. The van der Waals surface area contributed by atoms with Gasteiger partial charge in [-0.25, -0.2) is 0 Å². The van der Waals surface area contributed by atoms with Gasteiger partial charge < -0.3 is 19.3 Å². The Bertz CT molecular complexity index is 861. The zero-order valence-corrected chi connectivity index (χ0v) is 15.6. The van der Waals surface area contributed by atoms with Crippen molar-refractivity contribution in [2.24, 2.45) is 0 Å². The van der Waals surface area contributed by atoms with Gasteiger partial charge in [0.2, 0.25) is 0 Å². The summed E-state index contributed by atoms with van der Waals surface area (Å²) in [6.45, 7) is 2.42. The summed E-state index contributed by atoms with van der Waals surface area (Å²) in [6.07, 6.45) is 0.745. The van der Waals surface area contributed by atoms with Crippen molar-refractivity contribution in [1.29, 1.82) is 0 Å². The van der Waals surface area contributed by atoms with Crippen LogP contribution in [0.1, 0.15) is 17.0 Å². The Morgan fingerprint density at radius 2 is 1.85 bits per heavy atom. The Hall–Kier alpha value is -2.34. The van der Waals surface area contributed by atoms with Gasteiger partial charge in [0.05, 0.1) is 24.4 Å². The summed E-state index contributed by atoms with van der Waals surface area (Å²) >= 11 is 5.95. The highest BCUT2D eigenvalue weighted by Crippen LogP contribution is 2.24. The molecule has 1 saturated heterocycles. The van der Waals surface area contributed by atoms with Crippen LogP contribution in [0.2, 0.25) is 5.02 Å². The van der Waals surface area contributed by atoms with Crippen LogP contribution in [0.3, 0.4) is 0 Å². The Morgan fingerprint density at radius 3 is 2.56 bits per heavy atom. The Balaban J connectivity index is 1.33. The van der Waals surface area contributed by atoms with Crippen LogP contribution >= 0.6 is 11.6 Å².